The summed E-state index contributed by atoms with van der Waals surface area (Å²) >= 11 is 5.89. The SMILES string of the molecule is O=[N+]([O-])c1cn(CC[C@@H](O)COc2ccc(N3CCC(COCc4ccc(OC(F)(F)F)cc4)CC3)cc2)c(Cl)n1. The Morgan fingerprint density at radius 3 is 2.37 bits per heavy atom. The molecule has 14 heteroatoms. The van der Waals surface area contributed by atoms with Crippen molar-refractivity contribution < 1.29 is 37.4 Å². The maximum absolute atomic E-state index is 12.3. The lowest BCUT2D eigenvalue weighted by atomic mass is 9.97. The normalized spacial score (nSPS) is 15.1. The molecule has 0 bridgehead atoms. The maximum atomic E-state index is 12.3. The number of imidazole rings is 1. The van der Waals surface area contributed by atoms with Gasteiger partial charge in [-0.3, -0.25) is 4.57 Å². The van der Waals surface area contributed by atoms with Crippen molar-refractivity contribution in [3.8, 4) is 11.5 Å². The first-order chi connectivity index (χ1) is 19.6. The molecule has 222 valence electrons. The molecule has 1 aliphatic heterocycles. The van der Waals surface area contributed by atoms with E-state index in [0.29, 0.717) is 24.9 Å². The van der Waals surface area contributed by atoms with Gasteiger partial charge in [0, 0.05) is 31.9 Å². The number of aliphatic hydroxyl groups excluding tert-OH is 1. The van der Waals surface area contributed by atoms with Gasteiger partial charge in [0.1, 0.15) is 24.3 Å². The molecule has 0 aliphatic carbocycles. The van der Waals surface area contributed by atoms with E-state index < -0.39 is 17.4 Å². The smallest absolute Gasteiger partial charge is 0.491 e. The van der Waals surface area contributed by atoms with Crippen LogP contribution in [0.5, 0.6) is 11.5 Å². The van der Waals surface area contributed by atoms with Crippen LogP contribution in [0.1, 0.15) is 24.8 Å². The highest BCUT2D eigenvalue weighted by molar-refractivity contribution is 6.28. The Balaban J connectivity index is 1.13. The van der Waals surface area contributed by atoms with Gasteiger partial charge in [-0.1, -0.05) is 12.1 Å². The van der Waals surface area contributed by atoms with Crippen molar-refractivity contribution in [3.63, 3.8) is 0 Å². The number of aliphatic hydroxyl groups is 1. The van der Waals surface area contributed by atoms with Crippen molar-refractivity contribution in [1.29, 1.82) is 0 Å². The minimum atomic E-state index is -4.71. The van der Waals surface area contributed by atoms with Gasteiger partial charge in [-0.25, -0.2) is 0 Å². The average Bonchev–Trinajstić information content (AvgIpc) is 3.32. The molecule has 10 nitrogen and oxygen atoms in total. The second-order valence-electron chi connectivity index (χ2n) is 9.70. The van der Waals surface area contributed by atoms with Gasteiger partial charge in [-0.2, -0.15) is 0 Å². The summed E-state index contributed by atoms with van der Waals surface area (Å²) in [5.41, 5.74) is 1.84. The fraction of sp³-hybridized carbons (Fsp3) is 0.444. The molecule has 3 aromatic rings. The molecule has 0 radical (unpaired) electrons. The number of nitrogens with zero attached hydrogens (tertiary/aromatic N) is 4. The van der Waals surface area contributed by atoms with Crippen LogP contribution in [0.4, 0.5) is 24.7 Å². The third kappa shape index (κ3) is 9.51. The third-order valence-electron chi connectivity index (χ3n) is 6.64. The maximum Gasteiger partial charge on any atom is 0.573 e. The van der Waals surface area contributed by atoms with Crippen molar-refractivity contribution >= 4 is 23.1 Å². The van der Waals surface area contributed by atoms with Crippen molar-refractivity contribution in [2.75, 3.05) is 31.2 Å². The fourth-order valence-corrected chi connectivity index (χ4v) is 4.65. The number of halogens is 4. The van der Waals surface area contributed by atoms with Gasteiger partial charge in [0.05, 0.1) is 12.7 Å². The number of piperidine rings is 1. The van der Waals surface area contributed by atoms with Crippen LogP contribution in [0.25, 0.3) is 0 Å². The zero-order valence-electron chi connectivity index (χ0n) is 22.0. The lowest BCUT2D eigenvalue weighted by molar-refractivity contribution is -0.389. The summed E-state index contributed by atoms with van der Waals surface area (Å²) < 4.78 is 53.6. The Morgan fingerprint density at radius 2 is 1.76 bits per heavy atom. The second kappa shape index (κ2) is 13.9. The van der Waals surface area contributed by atoms with Crippen LogP contribution in [0.2, 0.25) is 5.28 Å². The number of hydrogen-bond acceptors (Lipinski definition) is 8. The topological polar surface area (TPSA) is 112 Å². The number of aryl methyl sites for hydroxylation is 1. The molecular weight excluding hydrogens is 569 g/mol. The van der Waals surface area contributed by atoms with Gasteiger partial charge in [0.15, 0.2) is 0 Å². The lowest BCUT2D eigenvalue weighted by Gasteiger charge is -2.33. The molecule has 2 aromatic carbocycles. The van der Waals surface area contributed by atoms with E-state index in [9.17, 15) is 28.4 Å². The van der Waals surface area contributed by atoms with Crippen LogP contribution in [0.15, 0.2) is 54.7 Å². The van der Waals surface area contributed by atoms with Crippen LogP contribution in [-0.4, -0.2) is 58.4 Å². The monoisotopic (exact) mass is 598 g/mol. The lowest BCUT2D eigenvalue weighted by Crippen LogP contribution is -2.35. The number of anilines is 1. The van der Waals surface area contributed by atoms with Gasteiger partial charge < -0.3 is 34.3 Å². The zero-order chi connectivity index (χ0) is 29.4. The number of benzene rings is 2. The van der Waals surface area contributed by atoms with E-state index in [1.807, 2.05) is 24.3 Å². The highest BCUT2D eigenvalue weighted by atomic mass is 35.5. The molecular formula is C27H30ClF3N4O6. The van der Waals surface area contributed by atoms with E-state index in [1.54, 1.807) is 12.1 Å². The predicted molar refractivity (Wildman–Crippen MR) is 144 cm³/mol. The third-order valence-corrected chi connectivity index (χ3v) is 6.95. The first-order valence-electron chi connectivity index (χ1n) is 13.0. The quantitative estimate of drug-likeness (QED) is 0.200. The van der Waals surface area contributed by atoms with Crippen LogP contribution in [0.3, 0.4) is 0 Å². The molecule has 1 aromatic heterocycles. The summed E-state index contributed by atoms with van der Waals surface area (Å²) in [5.74, 6) is 0.413. The van der Waals surface area contributed by atoms with E-state index in [-0.39, 0.29) is 36.4 Å². The van der Waals surface area contributed by atoms with Crippen molar-refractivity contribution in [3.05, 3.63) is 75.7 Å². The molecule has 0 spiro atoms. The van der Waals surface area contributed by atoms with Crippen LogP contribution >= 0.6 is 11.6 Å². The van der Waals surface area contributed by atoms with Crippen LogP contribution < -0.4 is 14.4 Å². The first kappa shape index (κ1) is 30.4. The Morgan fingerprint density at radius 1 is 1.10 bits per heavy atom. The molecule has 0 amide bonds. The van der Waals surface area contributed by atoms with E-state index in [2.05, 4.69) is 14.6 Å². The number of alkyl halides is 3. The molecule has 1 N–H and O–H groups in total. The highest BCUT2D eigenvalue weighted by Gasteiger charge is 2.31. The summed E-state index contributed by atoms with van der Waals surface area (Å²) in [6, 6.07) is 13.3. The van der Waals surface area contributed by atoms with Crippen LogP contribution in [0, 0.1) is 16.0 Å². The molecule has 41 heavy (non-hydrogen) atoms. The molecule has 2 heterocycles. The summed E-state index contributed by atoms with van der Waals surface area (Å²) in [6.07, 6.45) is -2.09. The Kier molecular flexibility index (Phi) is 10.3. The van der Waals surface area contributed by atoms with Crippen molar-refractivity contribution in [2.45, 2.75) is 44.9 Å². The summed E-state index contributed by atoms with van der Waals surface area (Å²) in [5, 5.41) is 21.0. The molecule has 1 aliphatic rings. The largest absolute Gasteiger partial charge is 0.573 e. The number of nitro groups is 1. The molecule has 1 saturated heterocycles. The molecule has 0 unspecified atom stereocenters. The number of aromatic nitrogens is 2. The Hall–Kier alpha value is -3.55. The zero-order valence-corrected chi connectivity index (χ0v) is 22.8. The van der Waals surface area contributed by atoms with Crippen molar-refractivity contribution in [1.82, 2.24) is 9.55 Å². The number of ether oxygens (including phenoxy) is 3. The Labute approximate surface area is 239 Å². The van der Waals surface area contributed by atoms with E-state index in [4.69, 9.17) is 21.1 Å². The minimum Gasteiger partial charge on any atom is -0.491 e. The van der Waals surface area contributed by atoms with Gasteiger partial charge >= 0.3 is 17.5 Å². The van der Waals surface area contributed by atoms with Gasteiger partial charge in [-0.05, 0) is 88.7 Å². The van der Waals surface area contributed by atoms with Crippen LogP contribution in [-0.2, 0) is 17.9 Å². The van der Waals surface area contributed by atoms with E-state index >= 15 is 0 Å². The molecule has 1 atom stereocenters. The highest BCUT2D eigenvalue weighted by Crippen LogP contribution is 2.27. The van der Waals surface area contributed by atoms with Gasteiger partial charge in [-0.15, -0.1) is 13.2 Å². The van der Waals surface area contributed by atoms with Gasteiger partial charge in [0.25, 0.3) is 0 Å². The molecule has 1 fully saturated rings. The minimum absolute atomic E-state index is 0.0101. The second-order valence-corrected chi connectivity index (χ2v) is 10.0. The van der Waals surface area contributed by atoms with Gasteiger partial charge in [0.2, 0.25) is 0 Å². The fourth-order valence-electron chi connectivity index (χ4n) is 4.43. The first-order valence-corrected chi connectivity index (χ1v) is 13.4. The summed E-state index contributed by atoms with van der Waals surface area (Å²) in [6.45, 7) is 2.95. The van der Waals surface area contributed by atoms with E-state index in [1.165, 1.54) is 22.9 Å². The standard InChI is InChI=1S/C27H30ClF3N4O6/c28-26-32-25(35(37)38)15-34(26)14-11-22(36)18-40-23-7-3-21(4-8-23)33-12-9-20(10-13-33)17-39-16-19-1-5-24(6-2-19)41-27(29,30)31/h1-8,15,20,22,36H,9-14,16-18H2/t22-/m1/s1. The molecule has 4 rings (SSSR count). The number of hydrogen-bond donors (Lipinski definition) is 1. The predicted octanol–water partition coefficient (Wildman–Crippen LogP) is 5.61. The summed E-state index contributed by atoms with van der Waals surface area (Å²) in [4.78, 5) is 16.1. The molecule has 0 saturated carbocycles. The van der Waals surface area contributed by atoms with E-state index in [0.717, 1.165) is 37.2 Å². The number of rotatable bonds is 13. The van der Waals surface area contributed by atoms with Crippen molar-refractivity contribution in [2.24, 2.45) is 5.92 Å². The summed E-state index contributed by atoms with van der Waals surface area (Å²) in [7, 11) is 0. The average molecular weight is 599 g/mol. The Bertz CT molecular complexity index is 1270.